The summed E-state index contributed by atoms with van der Waals surface area (Å²) < 4.78 is 1.64. The fourth-order valence-electron chi connectivity index (χ4n) is 2.09. The Kier molecular flexibility index (Phi) is 6.64. The maximum atomic E-state index is 12.2. The summed E-state index contributed by atoms with van der Waals surface area (Å²) >= 11 is 10.9. The van der Waals surface area contributed by atoms with Crippen LogP contribution in [0, 0.1) is 0 Å². The number of nitrogens with one attached hydrogen (secondary N) is 2. The van der Waals surface area contributed by atoms with Gasteiger partial charge in [0.05, 0.1) is 21.4 Å². The van der Waals surface area contributed by atoms with Gasteiger partial charge in [-0.3, -0.25) is 4.79 Å². The molecule has 1 aromatic heterocycles. The van der Waals surface area contributed by atoms with Crippen LogP contribution in [-0.2, 0) is 11.3 Å². The van der Waals surface area contributed by atoms with Crippen molar-refractivity contribution >= 4 is 50.5 Å². The van der Waals surface area contributed by atoms with E-state index < -0.39 is 0 Å². The van der Waals surface area contributed by atoms with Crippen LogP contribution in [0.25, 0.3) is 0 Å². The first-order valence-electron chi connectivity index (χ1n) is 6.81. The lowest BCUT2D eigenvalue weighted by atomic mass is 10.3. The average molecular weight is 401 g/mol. The van der Waals surface area contributed by atoms with Gasteiger partial charge in [-0.05, 0) is 46.3 Å². The van der Waals surface area contributed by atoms with Crippen LogP contribution < -0.4 is 10.2 Å². The highest BCUT2D eigenvalue weighted by Crippen LogP contribution is 2.21. The quantitative estimate of drug-likeness (QED) is 0.686. The van der Waals surface area contributed by atoms with E-state index in [9.17, 15) is 4.79 Å². The Labute approximate surface area is 147 Å². The molecule has 0 bridgehead atoms. The normalized spacial score (nSPS) is 11.9. The molecule has 0 aliphatic rings. The summed E-state index contributed by atoms with van der Waals surface area (Å²) in [6.45, 7) is 5.63. The van der Waals surface area contributed by atoms with Gasteiger partial charge in [-0.1, -0.05) is 30.3 Å². The summed E-state index contributed by atoms with van der Waals surface area (Å²) in [6.07, 6.45) is 1.83. The molecule has 116 valence electrons. The van der Waals surface area contributed by atoms with Gasteiger partial charge in [-0.15, -0.1) is 11.3 Å². The number of benzene rings is 1. The van der Waals surface area contributed by atoms with Crippen molar-refractivity contribution in [3.63, 3.8) is 0 Å². The fourth-order valence-corrected chi connectivity index (χ4v) is 3.63. The van der Waals surface area contributed by atoms with Gasteiger partial charge in [-0.25, -0.2) is 0 Å². The first kappa shape index (κ1) is 17.2. The minimum absolute atomic E-state index is 0.0218. The van der Waals surface area contributed by atoms with Crippen LogP contribution in [0.1, 0.15) is 4.88 Å². The third-order valence-corrected chi connectivity index (χ3v) is 4.97. The summed E-state index contributed by atoms with van der Waals surface area (Å²) in [5.74, 6) is -0.0218. The number of carbonyl (C=O) groups is 1. The van der Waals surface area contributed by atoms with Crippen LogP contribution in [0.2, 0.25) is 4.34 Å². The summed E-state index contributed by atoms with van der Waals surface area (Å²) in [5, 5.41) is 2.93. The second-order valence-electron chi connectivity index (χ2n) is 4.83. The molecule has 1 heterocycles. The minimum Gasteiger partial charge on any atom is -0.320 e. The van der Waals surface area contributed by atoms with E-state index >= 15 is 0 Å². The van der Waals surface area contributed by atoms with E-state index in [0.717, 1.165) is 37.4 Å². The summed E-state index contributed by atoms with van der Waals surface area (Å²) in [7, 11) is 0. The number of hydrogen-bond acceptors (Lipinski definition) is 2. The number of anilines is 1. The number of quaternary nitrogens is 1. The fraction of sp³-hybridized carbons (Fsp3) is 0.188. The van der Waals surface area contributed by atoms with Crippen LogP contribution in [0.15, 0.2) is 53.5 Å². The predicted molar refractivity (Wildman–Crippen MR) is 96.7 cm³/mol. The van der Waals surface area contributed by atoms with Crippen molar-refractivity contribution in [2.24, 2.45) is 0 Å². The molecule has 22 heavy (non-hydrogen) atoms. The highest BCUT2D eigenvalue weighted by atomic mass is 79.9. The molecule has 2 aromatic rings. The molecule has 0 aliphatic carbocycles. The topological polar surface area (TPSA) is 33.5 Å². The van der Waals surface area contributed by atoms with E-state index in [1.807, 2.05) is 42.5 Å². The average Bonchev–Trinajstić information content (AvgIpc) is 2.87. The first-order chi connectivity index (χ1) is 10.6. The molecule has 2 N–H and O–H groups in total. The van der Waals surface area contributed by atoms with Gasteiger partial charge in [0.15, 0.2) is 6.54 Å². The molecule has 0 spiro atoms. The zero-order valence-electron chi connectivity index (χ0n) is 11.9. The van der Waals surface area contributed by atoms with E-state index in [1.165, 1.54) is 0 Å². The molecule has 0 fully saturated rings. The van der Waals surface area contributed by atoms with Crippen molar-refractivity contribution in [1.82, 2.24) is 0 Å². The standard InChI is InChI=1S/C16H16BrClN2OS/c1-2-9-20(10-12-7-8-15(18)22-12)11-16(21)19-14-6-4-3-5-13(14)17/h2-8H,1,9-11H2,(H,19,21)/p+1. The Morgan fingerprint density at radius 3 is 2.77 bits per heavy atom. The molecule has 0 saturated carbocycles. The molecule has 1 atom stereocenters. The van der Waals surface area contributed by atoms with Gasteiger partial charge in [0.25, 0.3) is 5.91 Å². The van der Waals surface area contributed by atoms with Crippen molar-refractivity contribution in [2.75, 3.05) is 18.4 Å². The molecule has 0 radical (unpaired) electrons. The van der Waals surface area contributed by atoms with Crippen molar-refractivity contribution in [3.8, 4) is 0 Å². The maximum Gasteiger partial charge on any atom is 0.279 e. The Bertz CT molecular complexity index is 659. The molecule has 1 amide bonds. The number of carbonyl (C=O) groups excluding carboxylic acids is 1. The van der Waals surface area contributed by atoms with Crippen molar-refractivity contribution in [2.45, 2.75) is 6.54 Å². The lowest BCUT2D eigenvalue weighted by molar-refractivity contribution is -0.899. The van der Waals surface area contributed by atoms with Gasteiger partial charge in [0.1, 0.15) is 6.54 Å². The van der Waals surface area contributed by atoms with Gasteiger partial charge in [-0.2, -0.15) is 0 Å². The molecule has 0 aliphatic heterocycles. The number of para-hydroxylation sites is 1. The Balaban J connectivity index is 1.96. The zero-order valence-corrected chi connectivity index (χ0v) is 15.1. The van der Waals surface area contributed by atoms with Crippen LogP contribution in [0.5, 0.6) is 0 Å². The Hall–Kier alpha value is -1.14. The van der Waals surface area contributed by atoms with Gasteiger partial charge in [0, 0.05) is 4.47 Å². The maximum absolute atomic E-state index is 12.2. The largest absolute Gasteiger partial charge is 0.320 e. The van der Waals surface area contributed by atoms with E-state index in [0.29, 0.717) is 6.54 Å². The first-order valence-corrected chi connectivity index (χ1v) is 8.80. The molecule has 1 aromatic carbocycles. The third-order valence-electron chi connectivity index (χ3n) is 3.04. The lowest BCUT2D eigenvalue weighted by Crippen LogP contribution is -3.11. The molecular weight excluding hydrogens is 384 g/mol. The molecular formula is C16H17BrClN2OS+. The van der Waals surface area contributed by atoms with Crippen LogP contribution >= 0.6 is 38.9 Å². The van der Waals surface area contributed by atoms with E-state index in [1.54, 1.807) is 11.3 Å². The number of halogens is 2. The molecule has 6 heteroatoms. The van der Waals surface area contributed by atoms with Crippen LogP contribution in [0.4, 0.5) is 5.69 Å². The van der Waals surface area contributed by atoms with Crippen LogP contribution in [0.3, 0.4) is 0 Å². The molecule has 1 unspecified atom stereocenters. The van der Waals surface area contributed by atoms with Gasteiger partial charge >= 0.3 is 0 Å². The second kappa shape index (κ2) is 8.48. The monoisotopic (exact) mass is 399 g/mol. The zero-order chi connectivity index (χ0) is 15.9. The molecule has 0 saturated heterocycles. The summed E-state index contributed by atoms with van der Waals surface area (Å²) in [4.78, 5) is 14.5. The van der Waals surface area contributed by atoms with Crippen molar-refractivity contribution in [1.29, 1.82) is 0 Å². The number of rotatable bonds is 7. The smallest absolute Gasteiger partial charge is 0.279 e. The SMILES string of the molecule is C=CC[NH+](CC(=O)Nc1ccccc1Br)Cc1ccc(Cl)s1. The summed E-state index contributed by atoms with van der Waals surface area (Å²) in [5.41, 5.74) is 0.782. The Morgan fingerprint density at radius 1 is 1.36 bits per heavy atom. The van der Waals surface area contributed by atoms with Crippen molar-refractivity contribution < 1.29 is 9.69 Å². The van der Waals surface area contributed by atoms with E-state index in [4.69, 9.17) is 11.6 Å². The predicted octanol–water partition coefficient (Wildman–Crippen LogP) is 3.37. The minimum atomic E-state index is -0.0218. The van der Waals surface area contributed by atoms with E-state index in [-0.39, 0.29) is 5.91 Å². The van der Waals surface area contributed by atoms with Crippen LogP contribution in [-0.4, -0.2) is 19.0 Å². The Morgan fingerprint density at radius 2 is 2.14 bits per heavy atom. The highest BCUT2D eigenvalue weighted by Gasteiger charge is 2.15. The van der Waals surface area contributed by atoms with Gasteiger partial charge < -0.3 is 10.2 Å². The molecule has 2 rings (SSSR count). The summed E-state index contributed by atoms with van der Waals surface area (Å²) in [6, 6.07) is 11.5. The number of amides is 1. The second-order valence-corrected chi connectivity index (χ2v) is 7.48. The number of thiophene rings is 1. The third kappa shape index (κ3) is 5.25. The molecule has 3 nitrogen and oxygen atoms in total. The highest BCUT2D eigenvalue weighted by molar-refractivity contribution is 9.10. The van der Waals surface area contributed by atoms with Gasteiger partial charge in [0.2, 0.25) is 0 Å². The van der Waals surface area contributed by atoms with E-state index in [2.05, 4.69) is 27.8 Å². The number of hydrogen-bond donors (Lipinski definition) is 2. The lowest BCUT2D eigenvalue weighted by Gasteiger charge is -2.17. The van der Waals surface area contributed by atoms with Crippen molar-refractivity contribution in [3.05, 3.63) is 62.7 Å².